The third kappa shape index (κ3) is 3.02. The van der Waals surface area contributed by atoms with Gasteiger partial charge in [0.1, 0.15) is 10.6 Å². The Kier molecular flexibility index (Phi) is 4.32. The number of thiophene rings is 1. The molecule has 4 N–H and O–H groups in total. The lowest BCUT2D eigenvalue weighted by Gasteiger charge is -2.11. The smallest absolute Gasteiger partial charge is 0.240 e. The van der Waals surface area contributed by atoms with Gasteiger partial charge in [0.05, 0.1) is 5.39 Å². The first-order chi connectivity index (χ1) is 9.86. The van der Waals surface area contributed by atoms with E-state index in [0.29, 0.717) is 5.95 Å². The standard InChI is InChI=1S/C14H21N5S/c15-19-14-17-12(11-7-9-20-13(11)18-14)16-8-3-6-10-4-1-2-5-10/h7,9-10H,1-6,8,15H2,(H2,16,17,18,19). The summed E-state index contributed by atoms with van der Waals surface area (Å²) >= 11 is 1.60. The average molecular weight is 291 g/mol. The van der Waals surface area contributed by atoms with Crippen molar-refractivity contribution in [2.24, 2.45) is 11.8 Å². The zero-order valence-electron chi connectivity index (χ0n) is 11.6. The molecule has 0 radical (unpaired) electrons. The van der Waals surface area contributed by atoms with Gasteiger partial charge >= 0.3 is 0 Å². The molecule has 6 heteroatoms. The fraction of sp³-hybridized carbons (Fsp3) is 0.571. The highest BCUT2D eigenvalue weighted by Gasteiger charge is 2.14. The summed E-state index contributed by atoms with van der Waals surface area (Å²) in [5.74, 6) is 7.72. The number of rotatable bonds is 6. The minimum Gasteiger partial charge on any atom is -0.369 e. The summed E-state index contributed by atoms with van der Waals surface area (Å²) in [7, 11) is 0. The molecular formula is C14H21N5S. The van der Waals surface area contributed by atoms with Crippen LogP contribution in [0.5, 0.6) is 0 Å². The predicted molar refractivity (Wildman–Crippen MR) is 84.9 cm³/mol. The summed E-state index contributed by atoms with van der Waals surface area (Å²) in [6, 6.07) is 2.06. The second-order valence-corrected chi connectivity index (χ2v) is 6.29. The Morgan fingerprint density at radius 3 is 2.95 bits per heavy atom. The van der Waals surface area contributed by atoms with Crippen molar-refractivity contribution in [3.05, 3.63) is 11.4 Å². The third-order valence-electron chi connectivity index (χ3n) is 4.01. The Morgan fingerprint density at radius 2 is 2.15 bits per heavy atom. The van der Waals surface area contributed by atoms with Crippen LogP contribution in [0.15, 0.2) is 11.4 Å². The molecule has 0 amide bonds. The topological polar surface area (TPSA) is 75.9 Å². The zero-order chi connectivity index (χ0) is 13.8. The van der Waals surface area contributed by atoms with Crippen molar-refractivity contribution >= 4 is 33.3 Å². The summed E-state index contributed by atoms with van der Waals surface area (Å²) in [4.78, 5) is 9.71. The molecule has 5 nitrogen and oxygen atoms in total. The van der Waals surface area contributed by atoms with E-state index < -0.39 is 0 Å². The van der Waals surface area contributed by atoms with Gasteiger partial charge in [-0.25, -0.2) is 10.8 Å². The molecule has 1 saturated carbocycles. The summed E-state index contributed by atoms with van der Waals surface area (Å²) in [5, 5.41) is 6.54. The maximum Gasteiger partial charge on any atom is 0.240 e. The molecule has 1 aliphatic carbocycles. The number of fused-ring (bicyclic) bond motifs is 1. The van der Waals surface area contributed by atoms with Gasteiger partial charge in [0.2, 0.25) is 5.95 Å². The van der Waals surface area contributed by atoms with Crippen molar-refractivity contribution in [2.45, 2.75) is 38.5 Å². The Hall–Kier alpha value is -1.40. The van der Waals surface area contributed by atoms with E-state index in [9.17, 15) is 0 Å². The first-order valence-electron chi connectivity index (χ1n) is 7.32. The monoisotopic (exact) mass is 291 g/mol. The number of hydrogen-bond donors (Lipinski definition) is 3. The maximum atomic E-state index is 5.42. The van der Waals surface area contributed by atoms with Gasteiger partial charge in [-0.3, -0.25) is 5.43 Å². The second-order valence-electron chi connectivity index (χ2n) is 5.40. The highest BCUT2D eigenvalue weighted by molar-refractivity contribution is 7.16. The molecular weight excluding hydrogens is 270 g/mol. The summed E-state index contributed by atoms with van der Waals surface area (Å²) in [6.45, 7) is 0.961. The molecule has 0 atom stereocenters. The second kappa shape index (κ2) is 6.37. The van der Waals surface area contributed by atoms with Crippen molar-refractivity contribution in [3.8, 4) is 0 Å². The van der Waals surface area contributed by atoms with Crippen molar-refractivity contribution in [3.63, 3.8) is 0 Å². The number of nitrogens with two attached hydrogens (primary N) is 1. The van der Waals surface area contributed by atoms with Gasteiger partial charge < -0.3 is 5.32 Å². The van der Waals surface area contributed by atoms with Gasteiger partial charge in [-0.2, -0.15) is 4.98 Å². The molecule has 20 heavy (non-hydrogen) atoms. The maximum absolute atomic E-state index is 5.42. The first kappa shape index (κ1) is 13.6. The lowest BCUT2D eigenvalue weighted by atomic mass is 10.0. The van der Waals surface area contributed by atoms with E-state index in [1.54, 1.807) is 11.3 Å². The minimum atomic E-state index is 0.471. The van der Waals surface area contributed by atoms with Crippen LogP contribution < -0.4 is 16.6 Å². The number of aromatic nitrogens is 2. The quantitative estimate of drug-likeness (QED) is 0.432. The van der Waals surface area contributed by atoms with E-state index in [2.05, 4.69) is 26.8 Å². The molecule has 0 aromatic carbocycles. The SMILES string of the molecule is NNc1nc(NCCCC2CCCC2)c2ccsc2n1. The number of nitrogens with zero attached hydrogens (tertiary/aromatic N) is 2. The van der Waals surface area contributed by atoms with E-state index >= 15 is 0 Å². The van der Waals surface area contributed by atoms with Crippen LogP contribution >= 0.6 is 11.3 Å². The molecule has 0 aliphatic heterocycles. The highest BCUT2D eigenvalue weighted by atomic mass is 32.1. The molecule has 0 saturated heterocycles. The number of hydrogen-bond acceptors (Lipinski definition) is 6. The Balaban J connectivity index is 1.59. The molecule has 1 fully saturated rings. The van der Waals surface area contributed by atoms with Crippen molar-refractivity contribution in [2.75, 3.05) is 17.3 Å². The van der Waals surface area contributed by atoms with Crippen molar-refractivity contribution in [1.29, 1.82) is 0 Å². The van der Waals surface area contributed by atoms with Gasteiger partial charge in [0.25, 0.3) is 0 Å². The molecule has 0 bridgehead atoms. The zero-order valence-corrected chi connectivity index (χ0v) is 12.4. The summed E-state index contributed by atoms with van der Waals surface area (Å²) in [5.41, 5.74) is 2.53. The molecule has 2 heterocycles. The van der Waals surface area contributed by atoms with Crippen molar-refractivity contribution in [1.82, 2.24) is 9.97 Å². The Morgan fingerprint density at radius 1 is 1.30 bits per heavy atom. The van der Waals surface area contributed by atoms with Gasteiger partial charge in [0.15, 0.2) is 0 Å². The molecule has 2 aromatic rings. The van der Waals surface area contributed by atoms with E-state index in [1.165, 1.54) is 38.5 Å². The molecule has 0 spiro atoms. The lowest BCUT2D eigenvalue weighted by Crippen LogP contribution is -2.12. The van der Waals surface area contributed by atoms with Crippen LogP contribution in [0.25, 0.3) is 10.2 Å². The van der Waals surface area contributed by atoms with Gasteiger partial charge in [-0.05, 0) is 30.2 Å². The average Bonchev–Trinajstić information content (AvgIpc) is 3.13. The lowest BCUT2D eigenvalue weighted by molar-refractivity contribution is 0.491. The van der Waals surface area contributed by atoms with E-state index in [0.717, 1.165) is 28.5 Å². The molecule has 108 valence electrons. The summed E-state index contributed by atoms with van der Waals surface area (Å²) < 4.78 is 0. The fourth-order valence-corrected chi connectivity index (χ4v) is 3.72. The Labute approximate surface area is 123 Å². The van der Waals surface area contributed by atoms with Crippen molar-refractivity contribution < 1.29 is 0 Å². The fourth-order valence-electron chi connectivity index (χ4n) is 2.95. The van der Waals surface area contributed by atoms with E-state index in [-0.39, 0.29) is 0 Å². The van der Waals surface area contributed by atoms with Crippen LogP contribution in [0.2, 0.25) is 0 Å². The largest absolute Gasteiger partial charge is 0.369 e. The van der Waals surface area contributed by atoms with E-state index in [4.69, 9.17) is 5.84 Å². The third-order valence-corrected chi connectivity index (χ3v) is 4.82. The Bertz CT molecular complexity index is 562. The molecule has 1 aliphatic rings. The van der Waals surface area contributed by atoms with Crippen LogP contribution in [0.4, 0.5) is 11.8 Å². The molecule has 2 aromatic heterocycles. The molecule has 3 rings (SSSR count). The van der Waals surface area contributed by atoms with Crippen LogP contribution in [-0.4, -0.2) is 16.5 Å². The molecule has 0 unspecified atom stereocenters. The number of hydrazine groups is 1. The van der Waals surface area contributed by atoms with Crippen LogP contribution in [-0.2, 0) is 0 Å². The van der Waals surface area contributed by atoms with Gasteiger partial charge in [0, 0.05) is 6.54 Å². The normalized spacial score (nSPS) is 15.8. The number of anilines is 2. The van der Waals surface area contributed by atoms with Crippen LogP contribution in [0.3, 0.4) is 0 Å². The predicted octanol–water partition coefficient (Wildman–Crippen LogP) is 3.36. The highest BCUT2D eigenvalue weighted by Crippen LogP contribution is 2.29. The number of nitrogens with one attached hydrogen (secondary N) is 2. The van der Waals surface area contributed by atoms with Crippen LogP contribution in [0, 0.1) is 5.92 Å². The number of nitrogen functional groups attached to an aromatic ring is 1. The first-order valence-corrected chi connectivity index (χ1v) is 8.20. The summed E-state index contributed by atoms with van der Waals surface area (Å²) in [6.07, 6.45) is 8.21. The minimum absolute atomic E-state index is 0.471. The van der Waals surface area contributed by atoms with Gasteiger partial charge in [-0.15, -0.1) is 11.3 Å². The van der Waals surface area contributed by atoms with E-state index in [1.807, 2.05) is 5.38 Å². The van der Waals surface area contributed by atoms with Crippen LogP contribution in [0.1, 0.15) is 38.5 Å². The van der Waals surface area contributed by atoms with Gasteiger partial charge in [-0.1, -0.05) is 25.7 Å².